The summed E-state index contributed by atoms with van der Waals surface area (Å²) in [6, 6.07) is 8.56. The van der Waals surface area contributed by atoms with Crippen molar-refractivity contribution in [3.63, 3.8) is 0 Å². The van der Waals surface area contributed by atoms with Crippen LogP contribution < -0.4 is 4.74 Å². The number of aliphatic imine (C=N–C) groups is 1. The molecule has 0 saturated carbocycles. The summed E-state index contributed by atoms with van der Waals surface area (Å²) in [5, 5.41) is 4.68. The van der Waals surface area contributed by atoms with E-state index in [9.17, 15) is 0 Å². The van der Waals surface area contributed by atoms with Crippen molar-refractivity contribution >= 4 is 23.9 Å². The van der Waals surface area contributed by atoms with Gasteiger partial charge in [0.2, 0.25) is 6.34 Å². The molecule has 0 bridgehead atoms. The Labute approximate surface area is 161 Å². The topological polar surface area (TPSA) is 37.2 Å². The van der Waals surface area contributed by atoms with Gasteiger partial charge >= 0.3 is 0 Å². The van der Waals surface area contributed by atoms with Gasteiger partial charge in [-0.15, -0.1) is 0 Å². The highest BCUT2D eigenvalue weighted by molar-refractivity contribution is 7.99. The summed E-state index contributed by atoms with van der Waals surface area (Å²) in [5.74, 6) is 2.79. The molecule has 142 valence electrons. The van der Waals surface area contributed by atoms with Crippen LogP contribution in [0.5, 0.6) is 5.75 Å². The van der Waals surface area contributed by atoms with Gasteiger partial charge in [-0.1, -0.05) is 23.7 Å². The fourth-order valence-corrected chi connectivity index (χ4v) is 3.88. The third-order valence-electron chi connectivity index (χ3n) is 4.85. The van der Waals surface area contributed by atoms with Crippen molar-refractivity contribution in [3.05, 3.63) is 29.8 Å². The monoisotopic (exact) mass is 375 g/mol. The maximum absolute atomic E-state index is 5.99. The minimum atomic E-state index is 0.536. The van der Waals surface area contributed by atoms with Crippen LogP contribution in [0, 0.1) is 0 Å². The smallest absolute Gasteiger partial charge is 0.218 e. The van der Waals surface area contributed by atoms with Gasteiger partial charge in [0.05, 0.1) is 19.4 Å². The highest BCUT2D eigenvalue weighted by atomic mass is 32.2. The first kappa shape index (κ1) is 19.4. The van der Waals surface area contributed by atoms with Gasteiger partial charge < -0.3 is 4.74 Å². The zero-order valence-electron chi connectivity index (χ0n) is 16.1. The number of quaternary nitrogens is 1. The third-order valence-corrected chi connectivity index (χ3v) is 5.40. The quantitative estimate of drug-likeness (QED) is 0.489. The predicted octanol–water partition coefficient (Wildman–Crippen LogP) is 3.61. The largest absolute Gasteiger partial charge is 0.493 e. The van der Waals surface area contributed by atoms with E-state index in [1.165, 1.54) is 37.9 Å². The summed E-state index contributed by atoms with van der Waals surface area (Å²) in [5.41, 5.74) is 1.35. The van der Waals surface area contributed by atoms with E-state index in [0.29, 0.717) is 11.2 Å². The van der Waals surface area contributed by atoms with E-state index >= 15 is 0 Å². The van der Waals surface area contributed by atoms with Gasteiger partial charge in [0, 0.05) is 13.0 Å². The molecule has 0 N–H and O–H groups in total. The Morgan fingerprint density at radius 1 is 1.23 bits per heavy atom. The van der Waals surface area contributed by atoms with E-state index in [1.807, 2.05) is 6.34 Å². The van der Waals surface area contributed by atoms with Crippen molar-refractivity contribution in [1.82, 2.24) is 4.90 Å². The van der Waals surface area contributed by atoms with Crippen molar-refractivity contribution in [3.8, 4) is 5.75 Å². The summed E-state index contributed by atoms with van der Waals surface area (Å²) in [7, 11) is 2.09. The number of rotatable bonds is 9. The molecule has 1 aromatic carbocycles. The average Bonchev–Trinajstić information content (AvgIpc) is 3.02. The van der Waals surface area contributed by atoms with Crippen LogP contribution >= 0.6 is 11.8 Å². The lowest BCUT2D eigenvalue weighted by Crippen LogP contribution is -2.36. The van der Waals surface area contributed by atoms with E-state index in [-0.39, 0.29) is 0 Å². The molecule has 1 aromatic rings. The van der Waals surface area contributed by atoms with Crippen LogP contribution in [0.4, 0.5) is 0 Å². The lowest BCUT2D eigenvalue weighted by molar-refractivity contribution is -0.818. The molecule has 0 aliphatic carbocycles. The number of benzene rings is 1. The minimum Gasteiger partial charge on any atom is -0.493 e. The molecule has 26 heavy (non-hydrogen) atoms. The normalized spacial score (nSPS) is 23.2. The van der Waals surface area contributed by atoms with Crippen molar-refractivity contribution in [2.45, 2.75) is 32.2 Å². The van der Waals surface area contributed by atoms with E-state index in [2.05, 4.69) is 52.6 Å². The van der Waals surface area contributed by atoms with Gasteiger partial charge in [-0.2, -0.15) is 21.3 Å². The molecule has 0 amide bonds. The number of ether oxygens (including phenoxy) is 1. The van der Waals surface area contributed by atoms with Crippen molar-refractivity contribution in [2.24, 2.45) is 10.1 Å². The van der Waals surface area contributed by atoms with Gasteiger partial charge in [-0.05, 0) is 49.9 Å². The van der Waals surface area contributed by atoms with Crippen LogP contribution in [0.3, 0.4) is 0 Å². The second-order valence-electron chi connectivity index (χ2n) is 7.32. The molecule has 5 nitrogen and oxygen atoms in total. The second-order valence-corrected chi connectivity index (χ2v) is 8.18. The molecule has 3 rings (SSSR count). The molecule has 0 aromatic heterocycles. The Morgan fingerprint density at radius 3 is 2.88 bits per heavy atom. The molecule has 1 fully saturated rings. The first-order valence-corrected chi connectivity index (χ1v) is 11.0. The molecule has 2 heterocycles. The van der Waals surface area contributed by atoms with Crippen LogP contribution in [0.15, 0.2) is 34.4 Å². The van der Waals surface area contributed by atoms with Crippen molar-refractivity contribution in [1.29, 1.82) is 0 Å². The summed E-state index contributed by atoms with van der Waals surface area (Å²) in [6.45, 7) is 5.11. The number of nitrogens with zero attached hydrogens (tertiary/aromatic N) is 4. The molecular weight excluding hydrogens is 344 g/mol. The number of thioether (sulfide) groups is 1. The van der Waals surface area contributed by atoms with E-state index in [4.69, 9.17) is 4.74 Å². The maximum Gasteiger partial charge on any atom is 0.218 e. The van der Waals surface area contributed by atoms with E-state index in [1.54, 1.807) is 11.8 Å². The first-order chi connectivity index (χ1) is 12.7. The van der Waals surface area contributed by atoms with Crippen LogP contribution in [0.25, 0.3) is 0 Å². The zero-order chi connectivity index (χ0) is 18.2. The van der Waals surface area contributed by atoms with Crippen LogP contribution in [0.2, 0.25) is 0 Å². The zero-order valence-corrected chi connectivity index (χ0v) is 16.9. The molecule has 0 spiro atoms. The Kier molecular flexibility index (Phi) is 7.11. The first-order valence-electron chi connectivity index (χ1n) is 9.59. The van der Waals surface area contributed by atoms with Gasteiger partial charge in [-0.25, -0.2) is 0 Å². The number of hydrogen-bond acceptors (Lipinski definition) is 5. The maximum atomic E-state index is 5.99. The average molecular weight is 376 g/mol. The number of amidine groups is 1. The van der Waals surface area contributed by atoms with E-state index in [0.717, 1.165) is 36.8 Å². The Balaban J connectivity index is 1.42. The number of hydrogen-bond donors (Lipinski definition) is 0. The SMILES string of the molecule is CSCC1=N[N+](C)(CCCOc2cccc(CN3CCCCC3)c2)C=N1. The Hall–Kier alpha value is -1.37. The lowest BCUT2D eigenvalue weighted by atomic mass is 10.1. The molecular formula is C20H31N4OS+. The van der Waals surface area contributed by atoms with Crippen molar-refractivity contribution in [2.75, 3.05) is 45.3 Å². The standard InChI is InChI=1S/C20H31N4OS/c1-24(17-21-20(22-24)16-26-2)12-7-13-25-19-9-6-8-18(14-19)15-23-10-4-3-5-11-23/h6,8-9,14,17H,3-5,7,10-13,15-16H2,1-2H3/q+1. The van der Waals surface area contributed by atoms with Gasteiger partial charge in [0.1, 0.15) is 12.3 Å². The van der Waals surface area contributed by atoms with Crippen LogP contribution in [-0.4, -0.2) is 67.0 Å². The van der Waals surface area contributed by atoms with Crippen LogP contribution in [0.1, 0.15) is 31.2 Å². The van der Waals surface area contributed by atoms with Gasteiger partial charge in [0.15, 0.2) is 5.84 Å². The van der Waals surface area contributed by atoms with Gasteiger partial charge in [0.25, 0.3) is 0 Å². The Morgan fingerprint density at radius 2 is 2.08 bits per heavy atom. The fourth-order valence-electron chi connectivity index (χ4n) is 3.49. The molecule has 1 unspecified atom stereocenters. The lowest BCUT2D eigenvalue weighted by Gasteiger charge is -2.26. The molecule has 2 aliphatic heterocycles. The number of piperidine rings is 1. The molecule has 0 radical (unpaired) electrons. The van der Waals surface area contributed by atoms with E-state index < -0.39 is 0 Å². The molecule has 1 saturated heterocycles. The molecule has 6 heteroatoms. The Bertz CT molecular complexity index is 642. The van der Waals surface area contributed by atoms with Gasteiger partial charge in [-0.3, -0.25) is 4.90 Å². The third kappa shape index (κ3) is 5.83. The summed E-state index contributed by atoms with van der Waals surface area (Å²) in [6.07, 6.45) is 9.01. The highest BCUT2D eigenvalue weighted by Gasteiger charge is 2.25. The molecule has 2 aliphatic rings. The predicted molar refractivity (Wildman–Crippen MR) is 111 cm³/mol. The summed E-state index contributed by atoms with van der Waals surface area (Å²) < 4.78 is 6.53. The minimum absolute atomic E-state index is 0.536. The molecule has 1 atom stereocenters. The summed E-state index contributed by atoms with van der Waals surface area (Å²) in [4.78, 5) is 6.96. The summed E-state index contributed by atoms with van der Waals surface area (Å²) >= 11 is 1.76. The number of likely N-dealkylation sites (tertiary alicyclic amines) is 1. The van der Waals surface area contributed by atoms with Crippen molar-refractivity contribution < 1.29 is 9.33 Å². The second kappa shape index (κ2) is 9.53. The highest BCUT2D eigenvalue weighted by Crippen LogP contribution is 2.18. The fraction of sp³-hybridized carbons (Fsp3) is 0.600. The van der Waals surface area contributed by atoms with Crippen LogP contribution in [-0.2, 0) is 6.54 Å².